The Morgan fingerprint density at radius 3 is 1.24 bits per heavy atom. The number of para-hydroxylation sites is 1. The molecule has 55 heavy (non-hydrogen) atoms. The smallest absolute Gasteiger partial charge is 0.465 e. The molecule has 0 bridgehead atoms. The van der Waals surface area contributed by atoms with E-state index in [9.17, 15) is 4.79 Å². The first-order valence-electron chi connectivity index (χ1n) is 21.9. The quantitative estimate of drug-likeness (QED) is 0.0639. The Labute approximate surface area is 339 Å². The van der Waals surface area contributed by atoms with Gasteiger partial charge in [-0.25, -0.2) is 0 Å². The predicted molar refractivity (Wildman–Crippen MR) is 236 cm³/mol. The minimum Gasteiger partial charge on any atom is -0.465 e. The van der Waals surface area contributed by atoms with Gasteiger partial charge in [0.25, 0.3) is 0 Å². The first kappa shape index (κ1) is 49.0. The van der Waals surface area contributed by atoms with Crippen LogP contribution in [0.5, 0.6) is 11.5 Å². The zero-order valence-electron chi connectivity index (χ0n) is 37.9. The first-order chi connectivity index (χ1) is 25.6. The van der Waals surface area contributed by atoms with E-state index in [1.165, 1.54) is 89.9 Å². The fraction of sp³-hybridized carbons (Fsp3) is 0.735. The third-order valence-electron chi connectivity index (χ3n) is 10.8. The molecule has 0 saturated heterocycles. The molecular weight excluding hydrogens is 703 g/mol. The zero-order chi connectivity index (χ0) is 41.5. The van der Waals surface area contributed by atoms with Crippen molar-refractivity contribution in [2.24, 2.45) is 0 Å². The molecule has 0 amide bonds. The normalized spacial score (nSPS) is 13.8. The van der Waals surface area contributed by atoms with E-state index in [0.29, 0.717) is 18.1 Å². The average Bonchev–Trinajstić information content (AvgIpc) is 3.07. The molecule has 0 aliphatic heterocycles. The van der Waals surface area contributed by atoms with E-state index in [4.69, 9.17) is 13.8 Å². The van der Waals surface area contributed by atoms with Crippen LogP contribution in [0, 0.1) is 0 Å². The first-order valence-corrected chi connectivity index (χ1v) is 23.0. The number of esters is 1. The summed E-state index contributed by atoms with van der Waals surface area (Å²) < 4.78 is 34.7. The highest BCUT2D eigenvalue weighted by Gasteiger charge is 2.34. The summed E-state index contributed by atoms with van der Waals surface area (Å²) in [5, 5.41) is 0. The molecule has 2 aromatic carbocycles. The average molecular weight is 785 g/mol. The summed E-state index contributed by atoms with van der Waals surface area (Å²) in [5.41, 5.74) is 3.17. The molecule has 0 aliphatic rings. The molecule has 2 unspecified atom stereocenters. The summed E-state index contributed by atoms with van der Waals surface area (Å²) in [6.07, 6.45) is 21.0. The maximum absolute atomic E-state index is 16.4. The Hall–Kier alpha value is -2.13. The van der Waals surface area contributed by atoms with Crippen molar-refractivity contribution in [2.75, 3.05) is 6.61 Å². The lowest BCUT2D eigenvalue weighted by atomic mass is 9.77. The van der Waals surface area contributed by atoms with Crippen LogP contribution in [0.2, 0.25) is 0 Å². The van der Waals surface area contributed by atoms with E-state index in [2.05, 4.69) is 90.0 Å². The third kappa shape index (κ3) is 17.1. The van der Waals surface area contributed by atoms with Gasteiger partial charge in [0.1, 0.15) is 11.5 Å². The molecular formula is C49H82FO4P. The topological polar surface area (TPSA) is 44.8 Å². The molecule has 314 valence electrons. The number of hydrogen-bond acceptors (Lipinski definition) is 4. The van der Waals surface area contributed by atoms with Crippen LogP contribution in [0.4, 0.5) is 4.20 Å². The zero-order valence-corrected chi connectivity index (χ0v) is 38.8. The molecule has 4 nitrogen and oxygen atoms in total. The Morgan fingerprint density at radius 1 is 0.564 bits per heavy atom. The van der Waals surface area contributed by atoms with Crippen molar-refractivity contribution < 1.29 is 22.8 Å². The number of carbonyl (C=O) groups excluding carboxylic acids is 1. The second-order valence-corrected chi connectivity index (χ2v) is 21.0. The molecule has 0 radical (unpaired) electrons. The second kappa shape index (κ2) is 22.7. The highest BCUT2D eigenvalue weighted by Crippen LogP contribution is 2.52. The molecule has 2 atom stereocenters. The third-order valence-corrected chi connectivity index (χ3v) is 11.4. The van der Waals surface area contributed by atoms with Gasteiger partial charge in [-0.05, 0) is 40.6 Å². The summed E-state index contributed by atoms with van der Waals surface area (Å²) in [4.78, 5) is 13.4. The number of unbranched alkanes of at least 4 members (excludes halogenated alkanes) is 15. The standard InChI is InChI=1S/C49H82FO4P/c1-15-16-17-18-19-20-21-22-23-24-25-26-27-28-29-30-34-52-45(51)37(2)38-35-41(48(9,10)11)44(42(36-38)49(12,13)14)54-55(50)53-43-39(46(3,4)5)32-31-33-40(43)47(6,7)8/h31-33,35-37H,15-30,34H2,1-14H3. The van der Waals surface area contributed by atoms with E-state index in [-0.39, 0.29) is 16.8 Å². The van der Waals surface area contributed by atoms with E-state index >= 15 is 4.20 Å². The molecule has 2 aromatic rings. The number of carbonyl (C=O) groups is 1. The Balaban J connectivity index is 2.03. The van der Waals surface area contributed by atoms with Crippen LogP contribution in [0.1, 0.15) is 233 Å². The summed E-state index contributed by atoms with van der Waals surface area (Å²) in [5.74, 6) is 0.368. The second-order valence-electron chi connectivity index (χ2n) is 20.2. The van der Waals surface area contributed by atoms with E-state index in [0.717, 1.165) is 40.7 Å². The van der Waals surface area contributed by atoms with Crippen LogP contribution < -0.4 is 9.05 Å². The Bertz CT molecular complexity index is 1360. The van der Waals surface area contributed by atoms with Crippen molar-refractivity contribution in [3.8, 4) is 11.5 Å². The predicted octanol–water partition coefficient (Wildman–Crippen LogP) is 16.4. The van der Waals surface area contributed by atoms with Crippen LogP contribution in [-0.2, 0) is 31.2 Å². The van der Waals surface area contributed by atoms with Crippen molar-refractivity contribution in [2.45, 2.75) is 227 Å². The molecule has 0 N–H and O–H groups in total. The van der Waals surface area contributed by atoms with Crippen molar-refractivity contribution in [3.63, 3.8) is 0 Å². The number of rotatable bonds is 23. The monoisotopic (exact) mass is 785 g/mol. The Kier molecular flexibility index (Phi) is 20.2. The molecule has 0 spiro atoms. The van der Waals surface area contributed by atoms with Crippen molar-refractivity contribution >= 4 is 14.7 Å². The van der Waals surface area contributed by atoms with Crippen LogP contribution in [0.15, 0.2) is 30.3 Å². The van der Waals surface area contributed by atoms with Crippen LogP contribution in [0.25, 0.3) is 0 Å². The van der Waals surface area contributed by atoms with Gasteiger partial charge in [0.2, 0.25) is 0 Å². The number of hydrogen-bond donors (Lipinski definition) is 0. The van der Waals surface area contributed by atoms with E-state index in [1.54, 1.807) is 0 Å². The van der Waals surface area contributed by atoms with Gasteiger partial charge >= 0.3 is 14.7 Å². The molecule has 0 saturated carbocycles. The molecule has 2 rings (SSSR count). The maximum atomic E-state index is 16.4. The van der Waals surface area contributed by atoms with Gasteiger partial charge in [-0.2, -0.15) is 0 Å². The van der Waals surface area contributed by atoms with Gasteiger partial charge in [-0.1, -0.05) is 217 Å². The molecule has 0 aliphatic carbocycles. The van der Waals surface area contributed by atoms with Crippen LogP contribution >= 0.6 is 8.69 Å². The van der Waals surface area contributed by atoms with Gasteiger partial charge in [-0.15, -0.1) is 4.20 Å². The van der Waals surface area contributed by atoms with Gasteiger partial charge in [0.15, 0.2) is 0 Å². The van der Waals surface area contributed by atoms with Crippen molar-refractivity contribution in [1.29, 1.82) is 0 Å². The summed E-state index contributed by atoms with van der Waals surface area (Å²) in [6.45, 7) is 29.9. The highest BCUT2D eigenvalue weighted by atomic mass is 31.2. The maximum Gasteiger partial charge on any atom is 0.505 e. The lowest BCUT2D eigenvalue weighted by Crippen LogP contribution is -2.22. The number of halogens is 1. The molecule has 0 fully saturated rings. The Morgan fingerprint density at radius 2 is 0.891 bits per heavy atom. The number of benzene rings is 2. The van der Waals surface area contributed by atoms with Crippen LogP contribution in [0.3, 0.4) is 0 Å². The SMILES string of the molecule is CCCCCCCCCCCCCCCCCCOC(=O)C(C)c1cc(C(C)(C)C)c(OP(F)Oc2c(C(C)(C)C)cccc2C(C)(C)C)c(C(C)(C)C)c1. The fourth-order valence-electron chi connectivity index (χ4n) is 7.18. The van der Waals surface area contributed by atoms with Gasteiger partial charge in [0, 0.05) is 22.3 Å². The highest BCUT2D eigenvalue weighted by molar-refractivity contribution is 7.42. The molecule has 0 aromatic heterocycles. The summed E-state index contributed by atoms with van der Waals surface area (Å²) in [6, 6.07) is 10.1. The van der Waals surface area contributed by atoms with Gasteiger partial charge in [-0.3, -0.25) is 4.79 Å². The van der Waals surface area contributed by atoms with Gasteiger partial charge in [0.05, 0.1) is 12.5 Å². The largest absolute Gasteiger partial charge is 0.505 e. The minimum atomic E-state index is -2.84. The lowest BCUT2D eigenvalue weighted by molar-refractivity contribution is -0.145. The summed E-state index contributed by atoms with van der Waals surface area (Å²) >= 11 is 0. The minimum absolute atomic E-state index is 0.223. The lowest BCUT2D eigenvalue weighted by Gasteiger charge is -2.32. The van der Waals surface area contributed by atoms with E-state index in [1.807, 2.05) is 37.3 Å². The van der Waals surface area contributed by atoms with Crippen LogP contribution in [-0.4, -0.2) is 12.6 Å². The van der Waals surface area contributed by atoms with Crippen molar-refractivity contribution in [1.82, 2.24) is 0 Å². The van der Waals surface area contributed by atoms with E-state index < -0.39 is 25.4 Å². The van der Waals surface area contributed by atoms with Gasteiger partial charge < -0.3 is 13.8 Å². The molecule has 6 heteroatoms. The number of ether oxygens (including phenoxy) is 1. The summed E-state index contributed by atoms with van der Waals surface area (Å²) in [7, 11) is -2.84. The van der Waals surface area contributed by atoms with Crippen molar-refractivity contribution in [3.05, 3.63) is 58.1 Å². The fourth-order valence-corrected chi connectivity index (χ4v) is 7.89. The molecule has 0 heterocycles.